The van der Waals surface area contributed by atoms with E-state index >= 15 is 0 Å². The summed E-state index contributed by atoms with van der Waals surface area (Å²) in [5.74, 6) is -2.07. The van der Waals surface area contributed by atoms with Crippen molar-refractivity contribution in [3.63, 3.8) is 0 Å². The van der Waals surface area contributed by atoms with E-state index in [1.807, 2.05) is 13.0 Å². The number of ketones is 1. The first-order valence-electron chi connectivity index (χ1n) is 15.2. The van der Waals surface area contributed by atoms with Crippen LogP contribution in [0.15, 0.2) is 71.2 Å². The Morgan fingerprint density at radius 3 is 2.41 bits per heavy atom. The standard InChI is InChI=1S/C36H31BrClFN2O5/c1-19-3-12-26-28(15-19)35(44)41(34(26)43)25-10-6-21(7-11-25)30-18-29(27-17-23(37)16-20(2)32(27)40-30)36(45)46-31(13-14-38)33(42)22-4-8-24(39)9-5-22/h4-11,16-19,26,28,31H,3,12-15H2,1-2H3. The van der Waals surface area contributed by atoms with Crippen LogP contribution in [0.25, 0.3) is 22.2 Å². The quantitative estimate of drug-likeness (QED) is 0.0797. The molecule has 1 aliphatic carbocycles. The largest absolute Gasteiger partial charge is 0.450 e. The fourth-order valence-corrected chi connectivity index (χ4v) is 7.30. The van der Waals surface area contributed by atoms with E-state index in [-0.39, 0.29) is 47.1 Å². The molecule has 2 aliphatic rings. The lowest BCUT2D eigenvalue weighted by atomic mass is 9.76. The maximum Gasteiger partial charge on any atom is 0.339 e. The van der Waals surface area contributed by atoms with Crippen molar-refractivity contribution < 1.29 is 28.3 Å². The van der Waals surface area contributed by atoms with Crippen molar-refractivity contribution in [2.45, 2.75) is 45.6 Å². The zero-order valence-electron chi connectivity index (χ0n) is 25.3. The van der Waals surface area contributed by atoms with Gasteiger partial charge in [0.05, 0.1) is 34.3 Å². The molecule has 1 aromatic heterocycles. The molecule has 2 fully saturated rings. The van der Waals surface area contributed by atoms with Crippen molar-refractivity contribution in [2.75, 3.05) is 10.8 Å². The average Bonchev–Trinajstić information content (AvgIpc) is 3.28. The third kappa shape index (κ3) is 6.10. The Balaban J connectivity index is 1.34. The lowest BCUT2D eigenvalue weighted by Crippen LogP contribution is -2.30. The average molecular weight is 706 g/mol. The van der Waals surface area contributed by atoms with Gasteiger partial charge in [-0.25, -0.2) is 14.2 Å². The van der Waals surface area contributed by atoms with Crippen LogP contribution >= 0.6 is 27.5 Å². The molecular weight excluding hydrogens is 675 g/mol. The second-order valence-electron chi connectivity index (χ2n) is 12.1. The number of pyridine rings is 1. The van der Waals surface area contributed by atoms with Crippen LogP contribution in [0.1, 0.15) is 58.9 Å². The van der Waals surface area contributed by atoms with Gasteiger partial charge in [-0.2, -0.15) is 0 Å². The Hall–Kier alpha value is -3.95. The number of ether oxygens (including phenoxy) is 1. The molecule has 2 heterocycles. The van der Waals surface area contributed by atoms with Crippen LogP contribution in [-0.4, -0.2) is 40.5 Å². The summed E-state index contributed by atoms with van der Waals surface area (Å²) in [6.07, 6.45) is 1.27. The summed E-state index contributed by atoms with van der Waals surface area (Å²) in [5, 5.41) is 0.529. The Morgan fingerprint density at radius 2 is 1.72 bits per heavy atom. The monoisotopic (exact) mass is 704 g/mol. The number of carbonyl (C=O) groups excluding carboxylic acids is 4. The predicted octanol–water partition coefficient (Wildman–Crippen LogP) is 8.07. The van der Waals surface area contributed by atoms with Crippen LogP contribution in [0, 0.1) is 30.5 Å². The number of aryl methyl sites for hydroxylation is 1. The highest BCUT2D eigenvalue weighted by molar-refractivity contribution is 9.10. The number of carbonyl (C=O) groups is 4. The number of rotatable bonds is 8. The normalized spacial score (nSPS) is 20.1. The fraction of sp³-hybridized carbons (Fsp3) is 0.306. The van der Waals surface area contributed by atoms with Crippen LogP contribution in [-0.2, 0) is 14.3 Å². The smallest absolute Gasteiger partial charge is 0.339 e. The second-order valence-corrected chi connectivity index (χ2v) is 13.4. The number of halogens is 3. The maximum absolute atomic E-state index is 13.8. The van der Waals surface area contributed by atoms with Crippen molar-refractivity contribution in [3.05, 3.63) is 93.7 Å². The van der Waals surface area contributed by atoms with Crippen molar-refractivity contribution in [1.82, 2.24) is 4.98 Å². The molecule has 0 bridgehead atoms. The van der Waals surface area contributed by atoms with Gasteiger partial charge in [-0.1, -0.05) is 35.0 Å². The number of nitrogens with zero attached hydrogens (tertiary/aromatic N) is 2. The zero-order valence-corrected chi connectivity index (χ0v) is 27.6. The van der Waals surface area contributed by atoms with Crippen LogP contribution in [0.2, 0.25) is 0 Å². The highest BCUT2D eigenvalue weighted by Gasteiger charge is 2.50. The number of alkyl halides is 1. The number of fused-ring (bicyclic) bond motifs is 2. The summed E-state index contributed by atoms with van der Waals surface area (Å²) < 4.78 is 20.0. The van der Waals surface area contributed by atoms with E-state index in [1.54, 1.807) is 36.4 Å². The third-order valence-corrected chi connectivity index (χ3v) is 9.62. The molecule has 6 rings (SSSR count). The number of hydrogen-bond acceptors (Lipinski definition) is 6. The number of amides is 2. The van der Waals surface area contributed by atoms with E-state index in [1.165, 1.54) is 29.2 Å². The van der Waals surface area contributed by atoms with E-state index in [0.717, 1.165) is 29.3 Å². The maximum atomic E-state index is 13.8. The molecule has 4 aromatic rings. The van der Waals surface area contributed by atoms with E-state index < -0.39 is 23.7 Å². The number of aromatic nitrogens is 1. The first-order valence-corrected chi connectivity index (χ1v) is 16.5. The molecule has 2 amide bonds. The lowest BCUT2D eigenvalue weighted by molar-refractivity contribution is -0.122. The molecule has 3 aromatic carbocycles. The lowest BCUT2D eigenvalue weighted by Gasteiger charge is -2.25. The second kappa shape index (κ2) is 13.0. The number of anilines is 1. The molecule has 0 N–H and O–H groups in total. The minimum atomic E-state index is -1.18. The molecule has 1 saturated heterocycles. The van der Waals surface area contributed by atoms with Gasteiger partial charge in [0.15, 0.2) is 6.10 Å². The number of imide groups is 1. The van der Waals surface area contributed by atoms with Gasteiger partial charge in [0, 0.05) is 33.3 Å². The molecule has 236 valence electrons. The molecule has 4 atom stereocenters. The summed E-state index contributed by atoms with van der Waals surface area (Å²) in [7, 11) is 0. The van der Waals surface area contributed by atoms with E-state index in [9.17, 15) is 23.6 Å². The molecule has 0 radical (unpaired) electrons. The van der Waals surface area contributed by atoms with Gasteiger partial charge in [0.25, 0.3) is 0 Å². The van der Waals surface area contributed by atoms with Crippen LogP contribution < -0.4 is 4.90 Å². The predicted molar refractivity (Wildman–Crippen MR) is 177 cm³/mol. The Morgan fingerprint density at radius 1 is 1.02 bits per heavy atom. The fourth-order valence-electron chi connectivity index (χ4n) is 6.53. The van der Waals surface area contributed by atoms with Crippen molar-refractivity contribution in [2.24, 2.45) is 17.8 Å². The summed E-state index contributed by atoms with van der Waals surface area (Å²) in [5.41, 5.74) is 3.41. The Kier molecular flexibility index (Phi) is 9.08. The minimum Gasteiger partial charge on any atom is -0.450 e. The van der Waals surface area contributed by atoms with Crippen LogP contribution in [0.3, 0.4) is 0 Å². The van der Waals surface area contributed by atoms with E-state index in [4.69, 9.17) is 21.3 Å². The molecule has 1 saturated carbocycles. The Labute approximate surface area is 279 Å². The summed E-state index contributed by atoms with van der Waals surface area (Å²) >= 11 is 9.48. The number of hydrogen-bond donors (Lipinski definition) is 0. The van der Waals surface area contributed by atoms with Crippen LogP contribution in [0.4, 0.5) is 10.1 Å². The number of Topliss-reactive ketones (excluding diaryl/α,β-unsaturated/α-hetero) is 1. The number of esters is 1. The van der Waals surface area contributed by atoms with Gasteiger partial charge in [0.1, 0.15) is 5.82 Å². The molecule has 7 nitrogen and oxygen atoms in total. The topological polar surface area (TPSA) is 93.6 Å². The molecule has 46 heavy (non-hydrogen) atoms. The first-order chi connectivity index (χ1) is 22.0. The minimum absolute atomic E-state index is 0.0623. The summed E-state index contributed by atoms with van der Waals surface area (Å²) in [6.45, 7) is 4.00. The molecule has 0 spiro atoms. The molecule has 10 heteroatoms. The van der Waals surface area contributed by atoms with Crippen molar-refractivity contribution in [1.29, 1.82) is 0 Å². The van der Waals surface area contributed by atoms with Crippen molar-refractivity contribution >= 4 is 67.7 Å². The van der Waals surface area contributed by atoms with Gasteiger partial charge < -0.3 is 4.74 Å². The first kappa shape index (κ1) is 32.0. The Bertz CT molecular complexity index is 1860. The van der Waals surface area contributed by atoms with Gasteiger partial charge in [0.2, 0.25) is 17.6 Å². The molecule has 1 aliphatic heterocycles. The van der Waals surface area contributed by atoms with E-state index in [2.05, 4.69) is 22.9 Å². The third-order valence-electron chi connectivity index (χ3n) is 8.94. The molecular formula is C36H31BrClFN2O5. The van der Waals surface area contributed by atoms with Gasteiger partial charge in [-0.05, 0) is 92.3 Å². The zero-order chi connectivity index (χ0) is 32.7. The molecule has 4 unspecified atom stereocenters. The number of benzene rings is 3. The van der Waals surface area contributed by atoms with Gasteiger partial charge in [-0.15, -0.1) is 11.6 Å². The highest BCUT2D eigenvalue weighted by atomic mass is 79.9. The van der Waals surface area contributed by atoms with Gasteiger partial charge in [-0.3, -0.25) is 19.3 Å². The van der Waals surface area contributed by atoms with Crippen LogP contribution in [0.5, 0.6) is 0 Å². The van der Waals surface area contributed by atoms with Gasteiger partial charge >= 0.3 is 5.97 Å². The SMILES string of the molecule is Cc1cc(Br)cc2c(C(=O)OC(CCCl)C(=O)c3ccc(F)cc3)cc(-c3ccc(N4C(=O)C5CCC(C)CC5C4=O)cc3)nc12. The highest BCUT2D eigenvalue weighted by Crippen LogP contribution is 2.42. The van der Waals surface area contributed by atoms with E-state index in [0.29, 0.717) is 33.8 Å². The van der Waals surface area contributed by atoms with Crippen molar-refractivity contribution in [3.8, 4) is 11.3 Å². The summed E-state index contributed by atoms with van der Waals surface area (Å²) in [6, 6.07) is 17.3. The summed E-state index contributed by atoms with van der Waals surface area (Å²) in [4.78, 5) is 59.7.